The molecule has 1 atom stereocenters. The van der Waals surface area contributed by atoms with Crippen molar-refractivity contribution in [3.05, 3.63) is 29.6 Å². The average molecular weight is 268 g/mol. The van der Waals surface area contributed by atoms with E-state index in [4.69, 9.17) is 10.5 Å². The normalized spacial score (nSPS) is 12.2. The summed E-state index contributed by atoms with van der Waals surface area (Å²) >= 11 is 0. The van der Waals surface area contributed by atoms with Gasteiger partial charge in [-0.2, -0.15) is 0 Å². The maximum atomic E-state index is 13.7. The van der Waals surface area contributed by atoms with Crippen LogP contribution in [-0.2, 0) is 4.79 Å². The van der Waals surface area contributed by atoms with Crippen molar-refractivity contribution >= 4 is 5.91 Å². The first-order valence-electron chi connectivity index (χ1n) is 6.46. The van der Waals surface area contributed by atoms with Gasteiger partial charge < -0.3 is 15.8 Å². The van der Waals surface area contributed by atoms with Gasteiger partial charge in [0, 0.05) is 6.42 Å². The van der Waals surface area contributed by atoms with Crippen molar-refractivity contribution in [3.63, 3.8) is 0 Å². The summed E-state index contributed by atoms with van der Waals surface area (Å²) in [7, 11) is 0. The van der Waals surface area contributed by atoms with Crippen LogP contribution >= 0.6 is 0 Å². The Hall–Kier alpha value is -1.62. The molecule has 0 aromatic heterocycles. The summed E-state index contributed by atoms with van der Waals surface area (Å²) < 4.78 is 19.0. The molecule has 0 aliphatic heterocycles. The zero-order valence-electron chi connectivity index (χ0n) is 11.4. The summed E-state index contributed by atoms with van der Waals surface area (Å²) in [4.78, 5) is 11.2. The Morgan fingerprint density at radius 3 is 2.89 bits per heavy atom. The molecule has 0 bridgehead atoms. The van der Waals surface area contributed by atoms with Gasteiger partial charge in [-0.1, -0.05) is 19.1 Å². The van der Waals surface area contributed by atoms with Gasteiger partial charge in [0.2, 0.25) is 5.91 Å². The van der Waals surface area contributed by atoms with Crippen molar-refractivity contribution in [3.8, 4) is 5.75 Å². The Labute approximate surface area is 113 Å². The van der Waals surface area contributed by atoms with Gasteiger partial charge in [0.15, 0.2) is 11.6 Å². The van der Waals surface area contributed by atoms with Gasteiger partial charge in [0.05, 0.1) is 12.6 Å². The molecule has 4 nitrogen and oxygen atoms in total. The summed E-state index contributed by atoms with van der Waals surface area (Å²) in [6.45, 7) is 4.64. The van der Waals surface area contributed by atoms with E-state index >= 15 is 0 Å². The molecule has 0 aliphatic rings. The summed E-state index contributed by atoms with van der Waals surface area (Å²) in [5.74, 6) is -0.569. The number of hydrogen-bond acceptors (Lipinski definition) is 3. The predicted molar refractivity (Wildman–Crippen MR) is 72.5 cm³/mol. The molecule has 3 N–H and O–H groups in total. The highest BCUT2D eigenvalue weighted by molar-refractivity contribution is 5.79. The third-order valence-corrected chi connectivity index (χ3v) is 2.80. The lowest BCUT2D eigenvalue weighted by molar-refractivity contribution is -0.120. The highest BCUT2D eigenvalue weighted by Gasteiger charge is 2.14. The summed E-state index contributed by atoms with van der Waals surface area (Å²) in [6, 6.07) is 4.54. The molecule has 0 spiro atoms. The number of nitrogens with two attached hydrogens (primary N) is 1. The zero-order chi connectivity index (χ0) is 14.3. The van der Waals surface area contributed by atoms with E-state index in [1.807, 2.05) is 6.92 Å². The molecule has 0 heterocycles. The van der Waals surface area contributed by atoms with Crippen LogP contribution in [0.5, 0.6) is 5.75 Å². The van der Waals surface area contributed by atoms with E-state index in [0.717, 1.165) is 6.42 Å². The molecule has 0 aliphatic carbocycles. The fraction of sp³-hybridized carbons (Fsp3) is 0.500. The van der Waals surface area contributed by atoms with Crippen molar-refractivity contribution in [1.29, 1.82) is 0 Å². The van der Waals surface area contributed by atoms with Crippen LogP contribution in [0.15, 0.2) is 18.2 Å². The number of aryl methyl sites for hydroxylation is 1. The molecule has 0 radical (unpaired) electrons. The smallest absolute Gasteiger partial charge is 0.234 e. The van der Waals surface area contributed by atoms with Crippen molar-refractivity contribution in [2.45, 2.75) is 32.7 Å². The van der Waals surface area contributed by atoms with E-state index in [2.05, 4.69) is 5.32 Å². The van der Waals surface area contributed by atoms with E-state index in [0.29, 0.717) is 18.5 Å². The molecule has 5 heteroatoms. The number of amides is 1. The van der Waals surface area contributed by atoms with E-state index in [1.165, 1.54) is 0 Å². The number of carbonyl (C=O) groups excluding carboxylic acids is 1. The number of ether oxygens (including phenoxy) is 1. The quantitative estimate of drug-likeness (QED) is 0.755. The van der Waals surface area contributed by atoms with E-state index in [-0.39, 0.29) is 18.2 Å². The highest BCUT2D eigenvalue weighted by Crippen LogP contribution is 2.19. The number of primary amides is 1. The van der Waals surface area contributed by atoms with Crippen molar-refractivity contribution in [1.82, 2.24) is 5.32 Å². The first-order valence-corrected chi connectivity index (χ1v) is 6.46. The number of hydrogen-bond donors (Lipinski definition) is 2. The highest BCUT2D eigenvalue weighted by atomic mass is 19.1. The minimum atomic E-state index is -0.437. The van der Waals surface area contributed by atoms with E-state index in [9.17, 15) is 9.18 Å². The van der Waals surface area contributed by atoms with Gasteiger partial charge in [-0.05, 0) is 31.5 Å². The molecule has 0 fully saturated rings. The van der Waals surface area contributed by atoms with Gasteiger partial charge in [-0.15, -0.1) is 0 Å². The Balaban J connectivity index is 2.47. The predicted octanol–water partition coefficient (Wildman–Crippen LogP) is 1.76. The van der Waals surface area contributed by atoms with Crippen LogP contribution in [0, 0.1) is 12.7 Å². The topological polar surface area (TPSA) is 64.3 Å². The van der Waals surface area contributed by atoms with Gasteiger partial charge in [-0.25, -0.2) is 4.39 Å². The molecule has 1 amide bonds. The zero-order valence-corrected chi connectivity index (χ0v) is 11.4. The molecule has 106 valence electrons. The maximum Gasteiger partial charge on any atom is 0.234 e. The molecule has 1 aromatic rings. The van der Waals surface area contributed by atoms with Crippen LogP contribution in [0.4, 0.5) is 4.39 Å². The van der Waals surface area contributed by atoms with Crippen molar-refractivity contribution < 1.29 is 13.9 Å². The lowest BCUT2D eigenvalue weighted by atomic mass is 10.2. The third kappa shape index (κ3) is 4.87. The van der Waals surface area contributed by atoms with Gasteiger partial charge in [0.25, 0.3) is 0 Å². The van der Waals surface area contributed by atoms with Gasteiger partial charge >= 0.3 is 0 Å². The Morgan fingerprint density at radius 1 is 1.53 bits per heavy atom. The number of halogens is 1. The van der Waals surface area contributed by atoms with Gasteiger partial charge in [0.1, 0.15) is 0 Å². The first-order chi connectivity index (χ1) is 9.06. The second-order valence-corrected chi connectivity index (χ2v) is 4.43. The SMILES string of the molecule is CCCNC(CCOc1cccc(C)c1F)C(N)=O. The molecule has 1 rings (SSSR count). The summed E-state index contributed by atoms with van der Waals surface area (Å²) in [6.07, 6.45) is 1.33. The Kier molecular flexibility index (Phi) is 6.29. The van der Waals surface area contributed by atoms with Crippen LogP contribution in [-0.4, -0.2) is 25.1 Å². The molecule has 1 aromatic carbocycles. The molecule has 19 heavy (non-hydrogen) atoms. The molecule has 1 unspecified atom stereocenters. The van der Waals surface area contributed by atoms with Crippen LogP contribution in [0.2, 0.25) is 0 Å². The number of carbonyl (C=O) groups is 1. The Bertz CT molecular complexity index is 424. The molecular formula is C14H21FN2O2. The number of benzene rings is 1. The summed E-state index contributed by atoms with van der Waals surface area (Å²) in [5, 5.41) is 3.03. The van der Waals surface area contributed by atoms with Crippen LogP contribution in [0.25, 0.3) is 0 Å². The Morgan fingerprint density at radius 2 is 2.26 bits per heavy atom. The third-order valence-electron chi connectivity index (χ3n) is 2.80. The average Bonchev–Trinajstić information content (AvgIpc) is 2.38. The lowest BCUT2D eigenvalue weighted by Gasteiger charge is -2.15. The van der Waals surface area contributed by atoms with Crippen molar-refractivity contribution in [2.24, 2.45) is 5.73 Å². The fourth-order valence-corrected chi connectivity index (χ4v) is 1.68. The molecule has 0 saturated carbocycles. The lowest BCUT2D eigenvalue weighted by Crippen LogP contribution is -2.42. The molecule has 0 saturated heterocycles. The van der Waals surface area contributed by atoms with Gasteiger partial charge in [-0.3, -0.25) is 4.79 Å². The minimum absolute atomic E-state index is 0.207. The first kappa shape index (κ1) is 15.4. The van der Waals surface area contributed by atoms with Crippen LogP contribution in [0.3, 0.4) is 0 Å². The second kappa shape index (κ2) is 7.74. The number of nitrogens with one attached hydrogen (secondary N) is 1. The fourth-order valence-electron chi connectivity index (χ4n) is 1.68. The second-order valence-electron chi connectivity index (χ2n) is 4.43. The summed E-state index contributed by atoms with van der Waals surface area (Å²) in [5.41, 5.74) is 5.82. The van der Waals surface area contributed by atoms with Crippen molar-refractivity contribution in [2.75, 3.05) is 13.2 Å². The standard InChI is InChI=1S/C14H21FN2O2/c1-3-8-17-11(14(16)18)7-9-19-12-6-4-5-10(2)13(12)15/h4-6,11,17H,3,7-9H2,1-2H3,(H2,16,18). The largest absolute Gasteiger partial charge is 0.490 e. The van der Waals surface area contributed by atoms with E-state index in [1.54, 1.807) is 25.1 Å². The monoisotopic (exact) mass is 268 g/mol. The van der Waals surface area contributed by atoms with Crippen LogP contribution in [0.1, 0.15) is 25.3 Å². The van der Waals surface area contributed by atoms with Crippen LogP contribution < -0.4 is 15.8 Å². The number of rotatable bonds is 8. The molecular weight excluding hydrogens is 247 g/mol. The van der Waals surface area contributed by atoms with E-state index < -0.39 is 11.9 Å². The maximum absolute atomic E-state index is 13.7. The minimum Gasteiger partial charge on any atom is -0.490 e.